The predicted octanol–water partition coefficient (Wildman–Crippen LogP) is 2.69. The number of carbonyl (C=O) groups excluding carboxylic acids is 1. The summed E-state index contributed by atoms with van der Waals surface area (Å²) < 4.78 is 12.9. The molecule has 6 nitrogen and oxygen atoms in total. The van der Waals surface area contributed by atoms with Crippen molar-refractivity contribution in [1.82, 2.24) is 4.98 Å². The first-order chi connectivity index (χ1) is 9.47. The van der Waals surface area contributed by atoms with Crippen LogP contribution in [0.15, 0.2) is 36.5 Å². The van der Waals surface area contributed by atoms with Crippen LogP contribution in [0.5, 0.6) is 0 Å². The summed E-state index contributed by atoms with van der Waals surface area (Å²) in [4.78, 5) is 25.4. The number of hydrogen-bond acceptors (Lipinski definition) is 4. The van der Waals surface area contributed by atoms with E-state index in [0.29, 0.717) is 11.3 Å². The number of carbonyl (C=O) groups is 1. The van der Waals surface area contributed by atoms with Crippen LogP contribution >= 0.6 is 0 Å². The van der Waals surface area contributed by atoms with Crippen molar-refractivity contribution in [3.05, 3.63) is 63.7 Å². The zero-order chi connectivity index (χ0) is 14.7. The van der Waals surface area contributed by atoms with Gasteiger partial charge >= 0.3 is 0 Å². The molecule has 0 fully saturated rings. The number of amides is 1. The van der Waals surface area contributed by atoms with Crippen LogP contribution in [0.2, 0.25) is 0 Å². The molecule has 0 bridgehead atoms. The van der Waals surface area contributed by atoms with E-state index in [1.165, 1.54) is 30.5 Å². The van der Waals surface area contributed by atoms with Crippen LogP contribution in [0.1, 0.15) is 15.9 Å². The van der Waals surface area contributed by atoms with E-state index in [2.05, 4.69) is 10.3 Å². The van der Waals surface area contributed by atoms with Crippen molar-refractivity contribution in [1.29, 1.82) is 0 Å². The van der Waals surface area contributed by atoms with Crippen molar-refractivity contribution in [2.45, 2.75) is 6.92 Å². The van der Waals surface area contributed by atoms with Crippen LogP contribution in [-0.2, 0) is 0 Å². The lowest BCUT2D eigenvalue weighted by molar-refractivity contribution is -0.384. The number of anilines is 1. The molecule has 0 atom stereocenters. The Bertz CT molecular complexity index is 688. The summed E-state index contributed by atoms with van der Waals surface area (Å²) in [7, 11) is 0. The van der Waals surface area contributed by atoms with Gasteiger partial charge in [0.05, 0.1) is 4.92 Å². The highest BCUT2D eigenvalue weighted by atomic mass is 19.1. The molecule has 0 spiro atoms. The smallest absolute Gasteiger partial charge is 0.269 e. The van der Waals surface area contributed by atoms with Gasteiger partial charge in [-0.15, -0.1) is 0 Å². The summed E-state index contributed by atoms with van der Waals surface area (Å²) in [5.74, 6) is -1.26. The molecule has 2 aromatic rings. The van der Waals surface area contributed by atoms with Crippen molar-refractivity contribution in [3.8, 4) is 0 Å². The number of nitrogens with zero attached hydrogens (tertiary/aromatic N) is 2. The molecule has 1 amide bonds. The second kappa shape index (κ2) is 5.43. The van der Waals surface area contributed by atoms with Gasteiger partial charge in [-0.05, 0) is 24.6 Å². The van der Waals surface area contributed by atoms with Gasteiger partial charge in [-0.1, -0.05) is 0 Å². The van der Waals surface area contributed by atoms with E-state index < -0.39 is 16.8 Å². The molecule has 1 heterocycles. The predicted molar refractivity (Wildman–Crippen MR) is 70.0 cm³/mol. The maximum Gasteiger partial charge on any atom is 0.269 e. The summed E-state index contributed by atoms with van der Waals surface area (Å²) in [6.45, 7) is 1.63. The van der Waals surface area contributed by atoms with Crippen LogP contribution < -0.4 is 5.32 Å². The minimum atomic E-state index is -0.752. The molecule has 1 aromatic carbocycles. The number of benzene rings is 1. The molecule has 0 aliphatic carbocycles. The highest BCUT2D eigenvalue weighted by molar-refractivity contribution is 6.04. The Balaban J connectivity index is 2.22. The first-order valence-corrected chi connectivity index (χ1v) is 5.65. The Morgan fingerprint density at radius 1 is 1.35 bits per heavy atom. The van der Waals surface area contributed by atoms with Gasteiger partial charge in [0.1, 0.15) is 0 Å². The highest BCUT2D eigenvalue weighted by Gasteiger charge is 2.12. The second-order valence-corrected chi connectivity index (χ2v) is 4.08. The molecule has 1 N–H and O–H groups in total. The van der Waals surface area contributed by atoms with E-state index >= 15 is 0 Å². The van der Waals surface area contributed by atoms with Crippen LogP contribution in [0.4, 0.5) is 15.8 Å². The zero-order valence-electron chi connectivity index (χ0n) is 10.5. The third kappa shape index (κ3) is 2.94. The summed E-state index contributed by atoms with van der Waals surface area (Å²) in [6, 6.07) is 6.45. The standard InChI is InChI=1S/C13H10FN3O3/c1-8-6-10(17(19)20)2-3-11(8)16-13(18)9-4-5-15-12(14)7-9/h2-7H,1H3,(H,16,18). The summed E-state index contributed by atoms with van der Waals surface area (Å²) in [6.07, 6.45) is 1.19. The van der Waals surface area contributed by atoms with Gasteiger partial charge in [-0.25, -0.2) is 4.98 Å². The molecular formula is C13H10FN3O3. The fourth-order valence-corrected chi connectivity index (χ4v) is 1.64. The maximum absolute atomic E-state index is 12.9. The number of halogens is 1. The van der Waals surface area contributed by atoms with Crippen LogP contribution in [-0.4, -0.2) is 15.8 Å². The van der Waals surface area contributed by atoms with Crippen LogP contribution in [0.25, 0.3) is 0 Å². The number of pyridine rings is 1. The lowest BCUT2D eigenvalue weighted by atomic mass is 10.1. The average Bonchev–Trinajstić information content (AvgIpc) is 2.40. The fourth-order valence-electron chi connectivity index (χ4n) is 1.64. The van der Waals surface area contributed by atoms with Crippen molar-refractivity contribution in [2.24, 2.45) is 0 Å². The molecule has 0 saturated heterocycles. The van der Waals surface area contributed by atoms with Crippen molar-refractivity contribution >= 4 is 17.3 Å². The molecule has 20 heavy (non-hydrogen) atoms. The number of aromatic nitrogens is 1. The minimum Gasteiger partial charge on any atom is -0.322 e. The normalized spacial score (nSPS) is 10.1. The van der Waals surface area contributed by atoms with Gasteiger partial charge in [0, 0.05) is 35.6 Å². The largest absolute Gasteiger partial charge is 0.322 e. The molecule has 1 aromatic heterocycles. The average molecular weight is 275 g/mol. The molecule has 102 valence electrons. The van der Waals surface area contributed by atoms with Crippen LogP contribution in [0.3, 0.4) is 0 Å². The topological polar surface area (TPSA) is 85.1 Å². The third-order valence-electron chi connectivity index (χ3n) is 2.66. The van der Waals surface area contributed by atoms with Gasteiger partial charge in [-0.3, -0.25) is 14.9 Å². The van der Waals surface area contributed by atoms with E-state index in [0.717, 1.165) is 6.07 Å². The monoisotopic (exact) mass is 275 g/mol. The van der Waals surface area contributed by atoms with E-state index in [-0.39, 0.29) is 11.3 Å². The molecule has 2 rings (SSSR count). The number of non-ortho nitro benzene ring substituents is 1. The summed E-state index contributed by atoms with van der Waals surface area (Å²) in [5.41, 5.74) is 1.03. The number of nitro groups is 1. The number of aryl methyl sites for hydroxylation is 1. The van der Waals surface area contributed by atoms with E-state index in [9.17, 15) is 19.3 Å². The molecule has 0 radical (unpaired) electrons. The Labute approximate surface area is 113 Å². The quantitative estimate of drug-likeness (QED) is 0.530. The Kier molecular flexibility index (Phi) is 3.69. The lowest BCUT2D eigenvalue weighted by Crippen LogP contribution is -2.13. The highest BCUT2D eigenvalue weighted by Crippen LogP contribution is 2.21. The van der Waals surface area contributed by atoms with Crippen molar-refractivity contribution in [3.63, 3.8) is 0 Å². The minimum absolute atomic E-state index is 0.0598. The Morgan fingerprint density at radius 3 is 2.70 bits per heavy atom. The lowest BCUT2D eigenvalue weighted by Gasteiger charge is -2.08. The second-order valence-electron chi connectivity index (χ2n) is 4.08. The number of hydrogen-bond donors (Lipinski definition) is 1. The van der Waals surface area contributed by atoms with Gasteiger partial charge in [0.2, 0.25) is 5.95 Å². The van der Waals surface area contributed by atoms with E-state index in [1.807, 2.05) is 0 Å². The summed E-state index contributed by atoms with van der Waals surface area (Å²) in [5, 5.41) is 13.2. The number of nitro benzene ring substituents is 1. The van der Waals surface area contributed by atoms with Gasteiger partial charge in [-0.2, -0.15) is 4.39 Å². The maximum atomic E-state index is 12.9. The van der Waals surface area contributed by atoms with Gasteiger partial charge in [0.15, 0.2) is 0 Å². The first kappa shape index (κ1) is 13.6. The SMILES string of the molecule is Cc1cc([N+](=O)[O-])ccc1NC(=O)c1ccnc(F)c1. The van der Waals surface area contributed by atoms with Crippen LogP contribution in [0, 0.1) is 23.0 Å². The van der Waals surface area contributed by atoms with E-state index in [4.69, 9.17) is 0 Å². The van der Waals surface area contributed by atoms with Crippen molar-refractivity contribution < 1.29 is 14.1 Å². The zero-order valence-corrected chi connectivity index (χ0v) is 10.5. The fraction of sp³-hybridized carbons (Fsp3) is 0.0769. The molecule has 0 aliphatic rings. The molecule has 0 saturated carbocycles. The Morgan fingerprint density at radius 2 is 2.10 bits per heavy atom. The molecular weight excluding hydrogens is 265 g/mol. The summed E-state index contributed by atoms with van der Waals surface area (Å²) >= 11 is 0. The molecule has 7 heteroatoms. The third-order valence-corrected chi connectivity index (χ3v) is 2.66. The number of nitrogens with one attached hydrogen (secondary N) is 1. The van der Waals surface area contributed by atoms with Crippen molar-refractivity contribution in [2.75, 3.05) is 5.32 Å². The first-order valence-electron chi connectivity index (χ1n) is 5.65. The van der Waals surface area contributed by atoms with E-state index in [1.54, 1.807) is 6.92 Å². The van der Waals surface area contributed by atoms with Gasteiger partial charge in [0.25, 0.3) is 11.6 Å². The Hall–Kier alpha value is -2.83. The number of rotatable bonds is 3. The van der Waals surface area contributed by atoms with Gasteiger partial charge < -0.3 is 5.32 Å². The molecule has 0 unspecified atom stereocenters. The molecule has 0 aliphatic heterocycles.